The lowest BCUT2D eigenvalue weighted by atomic mass is 9.81. The maximum absolute atomic E-state index is 12.2. The number of carboxylic acids is 1. The fourth-order valence-electron chi connectivity index (χ4n) is 2.65. The van der Waals surface area contributed by atoms with Crippen molar-refractivity contribution in [1.82, 2.24) is 4.90 Å². The third-order valence-electron chi connectivity index (χ3n) is 3.95. The fourth-order valence-corrected chi connectivity index (χ4v) is 2.65. The number of nitrogens with zero attached hydrogens (tertiary/aromatic N) is 1. The summed E-state index contributed by atoms with van der Waals surface area (Å²) >= 11 is 0. The minimum Gasteiger partial charge on any atom is -0.481 e. The highest BCUT2D eigenvalue weighted by Gasteiger charge is 2.30. The lowest BCUT2D eigenvalue weighted by Crippen LogP contribution is -2.36. The van der Waals surface area contributed by atoms with Crippen molar-refractivity contribution in [2.24, 2.45) is 11.8 Å². The number of rotatable bonds is 7. The Bertz CT molecular complexity index is 298. The van der Waals surface area contributed by atoms with Crippen molar-refractivity contribution >= 4 is 11.9 Å². The van der Waals surface area contributed by atoms with Gasteiger partial charge in [-0.3, -0.25) is 9.59 Å². The first-order valence-corrected chi connectivity index (χ1v) is 7.15. The second-order valence-electron chi connectivity index (χ2n) is 5.43. The first kappa shape index (κ1) is 16.0. The number of carbonyl (C=O) groups is 2. The molecule has 110 valence electrons. The molecule has 5 heteroatoms. The molecule has 1 aliphatic rings. The van der Waals surface area contributed by atoms with Gasteiger partial charge in [0, 0.05) is 26.1 Å². The van der Waals surface area contributed by atoms with Gasteiger partial charge < -0.3 is 15.1 Å². The van der Waals surface area contributed by atoms with Gasteiger partial charge in [0.2, 0.25) is 5.91 Å². The first-order chi connectivity index (χ1) is 9.06. The molecule has 0 aromatic rings. The van der Waals surface area contributed by atoms with E-state index in [0.717, 1.165) is 25.8 Å². The van der Waals surface area contributed by atoms with E-state index in [1.54, 1.807) is 4.90 Å². The average Bonchev–Trinajstić information content (AvgIpc) is 2.42. The van der Waals surface area contributed by atoms with E-state index in [9.17, 15) is 9.59 Å². The van der Waals surface area contributed by atoms with Crippen molar-refractivity contribution in [2.75, 3.05) is 20.2 Å². The minimum absolute atomic E-state index is 0.00144. The number of hydrogen-bond acceptors (Lipinski definition) is 3. The van der Waals surface area contributed by atoms with Crippen LogP contribution < -0.4 is 0 Å². The maximum atomic E-state index is 12.2. The van der Waals surface area contributed by atoms with Crippen molar-refractivity contribution in [3.63, 3.8) is 0 Å². The first-order valence-electron chi connectivity index (χ1n) is 7.15. The Hall–Kier alpha value is -1.10. The van der Waals surface area contributed by atoms with Gasteiger partial charge in [-0.2, -0.15) is 0 Å². The van der Waals surface area contributed by atoms with Crippen molar-refractivity contribution in [3.8, 4) is 0 Å². The Morgan fingerprint density at radius 1 is 1.05 bits per heavy atom. The van der Waals surface area contributed by atoms with Crippen LogP contribution >= 0.6 is 0 Å². The van der Waals surface area contributed by atoms with Crippen LogP contribution in [0.2, 0.25) is 0 Å². The molecule has 0 aliphatic heterocycles. The number of hydrogen-bond donors (Lipinski definition) is 2. The summed E-state index contributed by atoms with van der Waals surface area (Å²) in [5.41, 5.74) is 0. The summed E-state index contributed by atoms with van der Waals surface area (Å²) in [6, 6.07) is 0. The third-order valence-corrected chi connectivity index (χ3v) is 3.95. The molecule has 2 N–H and O–H groups in total. The molecule has 0 spiro atoms. The van der Waals surface area contributed by atoms with E-state index in [1.807, 2.05) is 7.05 Å². The zero-order chi connectivity index (χ0) is 14.3. The molecule has 5 nitrogen and oxygen atoms in total. The highest BCUT2D eigenvalue weighted by Crippen LogP contribution is 2.30. The average molecular weight is 271 g/mol. The zero-order valence-corrected chi connectivity index (χ0v) is 11.7. The van der Waals surface area contributed by atoms with Gasteiger partial charge in [-0.15, -0.1) is 0 Å². The van der Waals surface area contributed by atoms with Crippen LogP contribution in [0.15, 0.2) is 0 Å². The van der Waals surface area contributed by atoms with Crippen LogP contribution in [0.25, 0.3) is 0 Å². The topological polar surface area (TPSA) is 77.8 Å². The van der Waals surface area contributed by atoms with Gasteiger partial charge in [-0.25, -0.2) is 0 Å². The van der Waals surface area contributed by atoms with E-state index in [4.69, 9.17) is 10.2 Å². The monoisotopic (exact) mass is 271 g/mol. The Morgan fingerprint density at radius 2 is 1.63 bits per heavy atom. The van der Waals surface area contributed by atoms with E-state index in [0.29, 0.717) is 25.7 Å². The zero-order valence-electron chi connectivity index (χ0n) is 11.7. The van der Waals surface area contributed by atoms with Crippen molar-refractivity contribution < 1.29 is 19.8 Å². The quantitative estimate of drug-likeness (QED) is 0.688. The molecule has 0 aromatic carbocycles. The van der Waals surface area contributed by atoms with Gasteiger partial charge in [0.1, 0.15) is 0 Å². The Morgan fingerprint density at radius 3 is 2.16 bits per heavy atom. The molecule has 1 saturated carbocycles. The molecule has 0 aromatic heterocycles. The van der Waals surface area contributed by atoms with Gasteiger partial charge in [-0.1, -0.05) is 0 Å². The van der Waals surface area contributed by atoms with E-state index >= 15 is 0 Å². The summed E-state index contributed by atoms with van der Waals surface area (Å²) in [7, 11) is 1.81. The van der Waals surface area contributed by atoms with Gasteiger partial charge in [0.15, 0.2) is 0 Å². The third kappa shape index (κ3) is 5.19. The number of carboxylic acid groups (broad SMARTS) is 1. The number of aliphatic carboxylic acids is 1. The molecule has 0 radical (unpaired) electrons. The number of aliphatic hydroxyl groups is 1. The van der Waals surface area contributed by atoms with Gasteiger partial charge in [0.05, 0.1) is 5.92 Å². The predicted octanol–water partition coefficient (Wildman–Crippen LogP) is 1.50. The van der Waals surface area contributed by atoms with Crippen LogP contribution in [0.3, 0.4) is 0 Å². The second-order valence-corrected chi connectivity index (χ2v) is 5.43. The van der Waals surface area contributed by atoms with Crippen LogP contribution in [0, 0.1) is 11.8 Å². The van der Waals surface area contributed by atoms with Crippen LogP contribution in [-0.2, 0) is 9.59 Å². The van der Waals surface area contributed by atoms with Crippen LogP contribution in [-0.4, -0.2) is 47.2 Å². The fraction of sp³-hybridized carbons (Fsp3) is 0.857. The molecule has 0 unspecified atom stereocenters. The SMILES string of the molecule is CN(CCCCCO)C(=O)C1CCC(C(=O)O)CC1. The molecule has 1 fully saturated rings. The largest absolute Gasteiger partial charge is 0.481 e. The summed E-state index contributed by atoms with van der Waals surface area (Å²) in [6.07, 6.45) is 5.24. The van der Waals surface area contributed by atoms with Crippen molar-refractivity contribution in [2.45, 2.75) is 44.9 Å². The summed E-state index contributed by atoms with van der Waals surface area (Å²) < 4.78 is 0. The summed E-state index contributed by atoms with van der Waals surface area (Å²) in [5, 5.41) is 17.6. The smallest absolute Gasteiger partial charge is 0.306 e. The lowest BCUT2D eigenvalue weighted by molar-refractivity contribution is -0.145. The molecule has 1 aliphatic carbocycles. The molecule has 1 rings (SSSR count). The van der Waals surface area contributed by atoms with Gasteiger partial charge in [-0.05, 0) is 44.9 Å². The molecule has 0 atom stereocenters. The number of amides is 1. The van der Waals surface area contributed by atoms with E-state index in [2.05, 4.69) is 0 Å². The molecule has 0 heterocycles. The summed E-state index contributed by atoms with van der Waals surface area (Å²) in [4.78, 5) is 24.8. The Kier molecular flexibility index (Phi) is 6.84. The van der Waals surface area contributed by atoms with E-state index < -0.39 is 5.97 Å². The van der Waals surface area contributed by atoms with Gasteiger partial charge in [0.25, 0.3) is 0 Å². The number of aliphatic hydroxyl groups excluding tert-OH is 1. The second kappa shape index (κ2) is 8.15. The summed E-state index contributed by atoms with van der Waals surface area (Å²) in [6.45, 7) is 0.925. The maximum Gasteiger partial charge on any atom is 0.306 e. The molecule has 1 amide bonds. The van der Waals surface area contributed by atoms with E-state index in [1.165, 1.54) is 0 Å². The highest BCUT2D eigenvalue weighted by molar-refractivity contribution is 5.79. The molecule has 0 bridgehead atoms. The predicted molar refractivity (Wildman–Crippen MR) is 71.7 cm³/mol. The summed E-state index contributed by atoms with van der Waals surface area (Å²) in [5.74, 6) is -0.853. The molecule has 0 saturated heterocycles. The molecular weight excluding hydrogens is 246 g/mol. The number of carbonyl (C=O) groups excluding carboxylic acids is 1. The van der Waals surface area contributed by atoms with Crippen LogP contribution in [0.4, 0.5) is 0 Å². The lowest BCUT2D eigenvalue weighted by Gasteiger charge is -2.29. The van der Waals surface area contributed by atoms with Crippen molar-refractivity contribution in [3.05, 3.63) is 0 Å². The minimum atomic E-state index is -0.733. The Balaban J connectivity index is 2.27. The molecular formula is C14H25NO4. The van der Waals surface area contributed by atoms with Crippen LogP contribution in [0.1, 0.15) is 44.9 Å². The van der Waals surface area contributed by atoms with Gasteiger partial charge >= 0.3 is 5.97 Å². The highest BCUT2D eigenvalue weighted by atomic mass is 16.4. The van der Waals surface area contributed by atoms with Crippen LogP contribution in [0.5, 0.6) is 0 Å². The standard InChI is InChI=1S/C14H25NO4/c1-15(9-3-2-4-10-16)13(17)11-5-7-12(8-6-11)14(18)19/h11-12,16H,2-10H2,1H3,(H,18,19). The normalized spacial score (nSPS) is 23.1. The van der Waals surface area contributed by atoms with E-state index in [-0.39, 0.29) is 24.3 Å². The Labute approximate surface area is 114 Å². The van der Waals surface area contributed by atoms with Crippen molar-refractivity contribution in [1.29, 1.82) is 0 Å². The number of unbranched alkanes of at least 4 members (excludes halogenated alkanes) is 2. The molecule has 19 heavy (non-hydrogen) atoms.